The number of hydrogen-bond acceptors (Lipinski definition) is 4. The Labute approximate surface area is 148 Å². The highest BCUT2D eigenvalue weighted by Gasteiger charge is 2.30. The average Bonchev–Trinajstić information content (AvgIpc) is 2.87. The molecule has 0 saturated heterocycles. The highest BCUT2D eigenvalue weighted by molar-refractivity contribution is 6.03. The zero-order valence-electron chi connectivity index (χ0n) is 14.7. The van der Waals surface area contributed by atoms with Gasteiger partial charge in [0, 0.05) is 5.69 Å². The molecule has 0 bridgehead atoms. The first-order valence-electron chi connectivity index (χ1n) is 7.71. The average molecular weight is 369 g/mol. The Morgan fingerprint density at radius 3 is 2.19 bits per heavy atom. The van der Waals surface area contributed by atoms with Gasteiger partial charge in [0.05, 0.1) is 23.9 Å². The molecule has 0 spiro atoms. The fraction of sp³-hybridized carbons (Fsp3) is 0.333. The molecule has 1 aromatic heterocycles. The van der Waals surface area contributed by atoms with Crippen LogP contribution in [-0.2, 0) is 10.9 Å². The summed E-state index contributed by atoms with van der Waals surface area (Å²) in [6.45, 7) is 4.72. The second-order valence-electron chi connectivity index (χ2n) is 5.76. The van der Waals surface area contributed by atoms with Crippen LogP contribution in [0.2, 0.25) is 0 Å². The molecule has 1 heterocycles. The summed E-state index contributed by atoms with van der Waals surface area (Å²) >= 11 is 0. The predicted octanol–water partition coefficient (Wildman–Crippen LogP) is 4.09. The third-order valence-corrected chi connectivity index (χ3v) is 3.94. The number of carbonyl (C=O) groups is 2. The first-order valence-corrected chi connectivity index (χ1v) is 7.71. The molecule has 26 heavy (non-hydrogen) atoms. The van der Waals surface area contributed by atoms with Crippen molar-refractivity contribution in [1.29, 1.82) is 0 Å². The van der Waals surface area contributed by atoms with Crippen molar-refractivity contribution < 1.29 is 32.2 Å². The molecule has 2 rings (SSSR count). The van der Waals surface area contributed by atoms with E-state index in [1.54, 1.807) is 13.8 Å². The molecular weight excluding hydrogens is 351 g/mol. The van der Waals surface area contributed by atoms with Crippen molar-refractivity contribution in [3.8, 4) is 5.75 Å². The number of aromatic nitrogens is 1. The molecule has 0 aliphatic heterocycles. The van der Waals surface area contributed by atoms with Crippen LogP contribution in [0.5, 0.6) is 5.75 Å². The molecule has 0 fully saturated rings. The highest BCUT2D eigenvalue weighted by atomic mass is 19.4. The summed E-state index contributed by atoms with van der Waals surface area (Å²) in [7, 11) is 1.24. The van der Waals surface area contributed by atoms with Crippen LogP contribution in [-0.4, -0.2) is 30.0 Å². The summed E-state index contributed by atoms with van der Waals surface area (Å²) in [5.41, 5.74) is 0.587. The van der Waals surface area contributed by atoms with E-state index in [4.69, 9.17) is 9.47 Å². The Hall–Kier alpha value is -2.77. The number of carbonyl (C=O) groups excluding carboxylic acids is 2. The van der Waals surface area contributed by atoms with Crippen LogP contribution in [0.25, 0.3) is 0 Å². The van der Waals surface area contributed by atoms with Crippen LogP contribution in [0.1, 0.15) is 44.6 Å². The molecule has 5 nitrogen and oxygen atoms in total. The van der Waals surface area contributed by atoms with Crippen LogP contribution in [0.15, 0.2) is 24.3 Å². The molecule has 1 N–H and O–H groups in total. The molecule has 2 aromatic rings. The van der Waals surface area contributed by atoms with E-state index in [1.165, 1.54) is 14.0 Å². The minimum absolute atomic E-state index is 0.132. The van der Waals surface area contributed by atoms with E-state index < -0.39 is 29.6 Å². The van der Waals surface area contributed by atoms with Crippen molar-refractivity contribution in [3.05, 3.63) is 52.3 Å². The van der Waals surface area contributed by atoms with Gasteiger partial charge in [-0.1, -0.05) is 0 Å². The van der Waals surface area contributed by atoms with Crippen molar-refractivity contribution in [2.75, 3.05) is 7.11 Å². The SMILES string of the molecule is COC(=O)c1c(C)[nH]c(C(=O)[C@@H](C)Oc2ccc(C(F)(F)F)cc2)c1C. The van der Waals surface area contributed by atoms with Gasteiger partial charge in [0.25, 0.3) is 0 Å². The summed E-state index contributed by atoms with van der Waals surface area (Å²) in [6, 6.07) is 4.07. The minimum Gasteiger partial charge on any atom is -0.483 e. The van der Waals surface area contributed by atoms with E-state index in [0.717, 1.165) is 24.3 Å². The number of nitrogens with one attached hydrogen (secondary N) is 1. The van der Waals surface area contributed by atoms with Gasteiger partial charge in [0.15, 0.2) is 6.10 Å². The second kappa shape index (κ2) is 7.23. The number of ketones is 1. The van der Waals surface area contributed by atoms with E-state index in [0.29, 0.717) is 11.3 Å². The third-order valence-electron chi connectivity index (χ3n) is 3.94. The van der Waals surface area contributed by atoms with Crippen LogP contribution < -0.4 is 4.74 Å². The standard InChI is InChI=1S/C18H18F3NO4/c1-9-14(17(24)25-4)10(2)22-15(9)16(23)11(3)26-13-7-5-12(6-8-13)18(19,20)21/h5-8,11,22H,1-4H3/t11-/m1/s1. The monoisotopic (exact) mass is 369 g/mol. The quantitative estimate of drug-likeness (QED) is 0.637. The van der Waals surface area contributed by atoms with Crippen molar-refractivity contribution in [2.24, 2.45) is 0 Å². The number of hydrogen-bond donors (Lipinski definition) is 1. The zero-order chi connectivity index (χ0) is 19.6. The molecule has 140 valence electrons. The van der Waals surface area contributed by atoms with Crippen LogP contribution in [0.3, 0.4) is 0 Å². The number of aromatic amines is 1. The summed E-state index contributed by atoms with van der Waals surface area (Å²) in [5.74, 6) is -0.861. The Balaban J connectivity index is 2.19. The summed E-state index contributed by atoms with van der Waals surface area (Å²) in [5, 5.41) is 0. The number of rotatable bonds is 5. The molecule has 8 heteroatoms. The van der Waals surface area contributed by atoms with Gasteiger partial charge in [-0.15, -0.1) is 0 Å². The van der Waals surface area contributed by atoms with Crippen molar-refractivity contribution in [2.45, 2.75) is 33.1 Å². The van der Waals surface area contributed by atoms with Gasteiger partial charge in [-0.3, -0.25) is 4.79 Å². The number of alkyl halides is 3. The molecule has 0 amide bonds. The summed E-state index contributed by atoms with van der Waals surface area (Å²) < 4.78 is 47.9. The number of methoxy groups -OCH3 is 1. The Kier molecular flexibility index (Phi) is 5.44. The van der Waals surface area contributed by atoms with Gasteiger partial charge >= 0.3 is 12.1 Å². The summed E-state index contributed by atoms with van der Waals surface area (Å²) in [4.78, 5) is 27.2. The second-order valence-corrected chi connectivity index (χ2v) is 5.76. The van der Waals surface area contributed by atoms with E-state index in [-0.39, 0.29) is 17.0 Å². The maximum absolute atomic E-state index is 12.6. The fourth-order valence-electron chi connectivity index (χ4n) is 2.59. The molecule has 1 aromatic carbocycles. The lowest BCUT2D eigenvalue weighted by molar-refractivity contribution is -0.137. The summed E-state index contributed by atoms with van der Waals surface area (Å²) in [6.07, 6.45) is -5.41. The number of Topliss-reactive ketones (excluding diaryl/α,β-unsaturated/α-hetero) is 1. The van der Waals surface area contributed by atoms with Crippen LogP contribution >= 0.6 is 0 Å². The molecule has 0 unspecified atom stereocenters. The van der Waals surface area contributed by atoms with Crippen LogP contribution in [0.4, 0.5) is 13.2 Å². The molecular formula is C18H18F3NO4. The van der Waals surface area contributed by atoms with Crippen molar-refractivity contribution in [1.82, 2.24) is 4.98 Å². The van der Waals surface area contributed by atoms with Gasteiger partial charge in [-0.2, -0.15) is 13.2 Å². The number of esters is 1. The minimum atomic E-state index is -4.44. The van der Waals surface area contributed by atoms with Gasteiger partial charge in [-0.25, -0.2) is 4.79 Å². The van der Waals surface area contributed by atoms with E-state index in [1.807, 2.05) is 0 Å². The zero-order valence-corrected chi connectivity index (χ0v) is 14.7. The smallest absolute Gasteiger partial charge is 0.416 e. The fourth-order valence-corrected chi connectivity index (χ4v) is 2.59. The third kappa shape index (κ3) is 3.89. The Morgan fingerprint density at radius 1 is 1.12 bits per heavy atom. The molecule has 1 atom stereocenters. The predicted molar refractivity (Wildman–Crippen MR) is 87.5 cm³/mol. The number of benzene rings is 1. The number of ether oxygens (including phenoxy) is 2. The Morgan fingerprint density at radius 2 is 1.69 bits per heavy atom. The highest BCUT2D eigenvalue weighted by Crippen LogP contribution is 2.30. The maximum Gasteiger partial charge on any atom is 0.416 e. The van der Waals surface area contributed by atoms with E-state index in [2.05, 4.69) is 4.98 Å². The molecule has 0 aliphatic carbocycles. The van der Waals surface area contributed by atoms with E-state index in [9.17, 15) is 22.8 Å². The topological polar surface area (TPSA) is 68.4 Å². The largest absolute Gasteiger partial charge is 0.483 e. The lowest BCUT2D eigenvalue weighted by Gasteiger charge is -2.14. The van der Waals surface area contributed by atoms with Gasteiger partial charge in [-0.05, 0) is 50.6 Å². The molecule has 0 aliphatic rings. The first-order chi connectivity index (χ1) is 12.1. The number of H-pyrrole nitrogens is 1. The van der Waals surface area contributed by atoms with Gasteiger partial charge < -0.3 is 14.5 Å². The lowest BCUT2D eigenvalue weighted by atomic mass is 10.1. The van der Waals surface area contributed by atoms with Crippen LogP contribution in [0, 0.1) is 13.8 Å². The van der Waals surface area contributed by atoms with Crippen molar-refractivity contribution >= 4 is 11.8 Å². The van der Waals surface area contributed by atoms with Gasteiger partial charge in [0.2, 0.25) is 5.78 Å². The number of aryl methyl sites for hydroxylation is 1. The lowest BCUT2D eigenvalue weighted by Crippen LogP contribution is -2.25. The van der Waals surface area contributed by atoms with Crippen molar-refractivity contribution in [3.63, 3.8) is 0 Å². The maximum atomic E-state index is 12.6. The molecule has 0 saturated carbocycles. The number of halogens is 3. The Bertz CT molecular complexity index is 822. The van der Waals surface area contributed by atoms with Gasteiger partial charge in [0.1, 0.15) is 5.75 Å². The first kappa shape index (κ1) is 19.6. The van der Waals surface area contributed by atoms with E-state index >= 15 is 0 Å². The molecule has 0 radical (unpaired) electrons. The normalized spacial score (nSPS) is 12.6.